The minimum atomic E-state index is -1.56. The van der Waals surface area contributed by atoms with E-state index in [1.165, 1.54) is 59.7 Å². The average Bonchev–Trinajstić information content (AvgIpc) is 3.50. The standard InChI is InChI=1S/C26H30N10O7S3/c1-3-29-26-30-8-15(20(38)33-26)34(25(27)43)18(12-4-6-14(37)7-5-12)21(39)32-17-22(40)35-19(24(41)42)13(11-45-23(17)35)10-44-16-9-31-36(28-2)46-16/h4-9,17-18,23,28,31,37H,3,10-11H2,1-2H3,(H2,27,43)(H,32,39)(H,41,42)(H2,29,30,33,38)/t17?,18?,23-/m1/s1. The van der Waals surface area contributed by atoms with Gasteiger partial charge in [-0.3, -0.25) is 29.2 Å². The molecule has 244 valence electrons. The zero-order chi connectivity index (χ0) is 33.1. The summed E-state index contributed by atoms with van der Waals surface area (Å²) in [6.07, 6.45) is 2.86. The van der Waals surface area contributed by atoms with E-state index in [4.69, 9.17) is 5.73 Å². The van der Waals surface area contributed by atoms with Crippen LogP contribution in [0.15, 0.2) is 57.0 Å². The maximum atomic E-state index is 13.9. The van der Waals surface area contributed by atoms with E-state index in [2.05, 4.69) is 31.5 Å². The molecule has 2 aromatic rings. The average molecular weight is 691 g/mol. The highest BCUT2D eigenvalue weighted by molar-refractivity contribution is 8.21. The van der Waals surface area contributed by atoms with Gasteiger partial charge in [-0.1, -0.05) is 16.7 Å². The molecule has 0 saturated carbocycles. The summed E-state index contributed by atoms with van der Waals surface area (Å²) in [7, 11) is 1.74. The van der Waals surface area contributed by atoms with Gasteiger partial charge >= 0.3 is 12.0 Å². The van der Waals surface area contributed by atoms with Gasteiger partial charge < -0.3 is 32.0 Å². The summed E-state index contributed by atoms with van der Waals surface area (Å²) in [5, 5.41) is 24.6. The van der Waals surface area contributed by atoms with E-state index in [1.807, 2.05) is 0 Å². The van der Waals surface area contributed by atoms with Crippen LogP contribution in [0.25, 0.3) is 0 Å². The number of carbonyl (C=O) groups excluding carboxylic acids is 3. The van der Waals surface area contributed by atoms with Crippen molar-refractivity contribution in [3.8, 4) is 5.75 Å². The number of carboxylic acid groups (broad SMARTS) is 1. The van der Waals surface area contributed by atoms with Crippen molar-refractivity contribution in [2.75, 3.05) is 35.3 Å². The molecule has 1 aromatic heterocycles. The first kappa shape index (κ1) is 33.0. The van der Waals surface area contributed by atoms with Crippen molar-refractivity contribution in [3.05, 3.63) is 68.1 Å². The summed E-state index contributed by atoms with van der Waals surface area (Å²) in [5.74, 6) is -2.14. The number of aromatic nitrogens is 2. The smallest absolute Gasteiger partial charge is 0.352 e. The maximum Gasteiger partial charge on any atom is 0.352 e. The Balaban J connectivity index is 1.39. The minimum Gasteiger partial charge on any atom is -0.508 e. The lowest BCUT2D eigenvalue weighted by atomic mass is 10.00. The summed E-state index contributed by atoms with van der Waals surface area (Å²) in [6, 6.07) is 1.45. The number of urea groups is 1. The van der Waals surface area contributed by atoms with Gasteiger partial charge in [0.25, 0.3) is 11.5 Å². The number of nitrogens with two attached hydrogens (primary N) is 1. The molecule has 20 heteroatoms. The molecule has 5 rings (SSSR count). The van der Waals surface area contributed by atoms with Crippen LogP contribution in [0.2, 0.25) is 0 Å². The van der Waals surface area contributed by atoms with Crippen molar-refractivity contribution in [1.82, 2.24) is 35.6 Å². The Bertz CT molecular complexity index is 1670. The summed E-state index contributed by atoms with van der Waals surface area (Å²) in [4.78, 5) is 74.0. The van der Waals surface area contributed by atoms with Gasteiger partial charge in [0.05, 0.1) is 10.4 Å². The van der Waals surface area contributed by atoms with Gasteiger partial charge in [0.2, 0.25) is 11.9 Å². The molecule has 0 radical (unpaired) electrons. The van der Waals surface area contributed by atoms with E-state index in [9.17, 15) is 34.2 Å². The number of fused-ring (bicyclic) bond motifs is 1. The Morgan fingerprint density at radius 3 is 2.61 bits per heavy atom. The van der Waals surface area contributed by atoms with Crippen molar-refractivity contribution in [3.63, 3.8) is 0 Å². The van der Waals surface area contributed by atoms with E-state index in [0.29, 0.717) is 23.6 Å². The normalized spacial score (nSPS) is 19.8. The lowest BCUT2D eigenvalue weighted by molar-refractivity contribution is -0.150. The number of aromatic hydroxyl groups is 1. The number of carbonyl (C=O) groups is 4. The third-order valence-electron chi connectivity index (χ3n) is 6.96. The number of amides is 4. The number of phenols is 1. The third-order valence-corrected chi connectivity index (χ3v) is 10.5. The molecule has 1 aromatic carbocycles. The number of phenolic OH excluding ortho intramolecular Hbond substituents is 1. The van der Waals surface area contributed by atoms with Crippen LogP contribution in [0.1, 0.15) is 18.5 Å². The van der Waals surface area contributed by atoms with Crippen molar-refractivity contribution < 1.29 is 29.4 Å². The Kier molecular flexibility index (Phi) is 10.0. The van der Waals surface area contributed by atoms with E-state index < -0.39 is 46.8 Å². The van der Waals surface area contributed by atoms with Gasteiger partial charge in [-0.25, -0.2) is 20.0 Å². The topological polar surface area (TPSA) is 238 Å². The molecule has 1 saturated heterocycles. The third kappa shape index (κ3) is 6.60. The second-order valence-electron chi connectivity index (χ2n) is 9.82. The molecule has 3 atom stereocenters. The number of hydrogen-bond donors (Lipinski definition) is 8. The van der Waals surface area contributed by atoms with Crippen molar-refractivity contribution in [2.24, 2.45) is 5.73 Å². The predicted octanol–water partition coefficient (Wildman–Crippen LogP) is 0.407. The largest absolute Gasteiger partial charge is 0.508 e. The predicted molar refractivity (Wildman–Crippen MR) is 174 cm³/mol. The lowest BCUT2D eigenvalue weighted by Gasteiger charge is -2.49. The molecule has 46 heavy (non-hydrogen) atoms. The second kappa shape index (κ2) is 14.0. The number of hydrazine groups is 2. The zero-order valence-electron chi connectivity index (χ0n) is 24.3. The lowest BCUT2D eigenvalue weighted by Crippen LogP contribution is -2.71. The van der Waals surface area contributed by atoms with Gasteiger partial charge in [0.1, 0.15) is 34.6 Å². The van der Waals surface area contributed by atoms with Gasteiger partial charge in [-0.15, -0.1) is 23.5 Å². The number of nitrogens with one attached hydrogen (secondary N) is 5. The molecule has 9 N–H and O–H groups in total. The fourth-order valence-electron chi connectivity index (χ4n) is 4.89. The molecule has 1 fully saturated rings. The number of primary amides is 1. The monoisotopic (exact) mass is 690 g/mol. The number of β-lactam (4-membered cyclic amide) rings is 1. The number of rotatable bonds is 12. The number of aliphatic carboxylic acids is 1. The Hall–Kier alpha value is -4.37. The van der Waals surface area contributed by atoms with Crippen LogP contribution >= 0.6 is 35.5 Å². The first-order valence-electron chi connectivity index (χ1n) is 13.7. The highest BCUT2D eigenvalue weighted by Gasteiger charge is 2.55. The first-order chi connectivity index (χ1) is 22.0. The van der Waals surface area contributed by atoms with Crippen LogP contribution < -0.4 is 37.7 Å². The molecule has 0 spiro atoms. The number of thioether (sulfide) groups is 2. The molecule has 4 heterocycles. The van der Waals surface area contributed by atoms with Gasteiger partial charge in [-0.05, 0) is 30.2 Å². The fourth-order valence-corrected chi connectivity index (χ4v) is 8.15. The number of aromatic amines is 1. The number of anilines is 2. The number of carboxylic acids is 1. The van der Waals surface area contributed by atoms with E-state index in [0.717, 1.165) is 20.2 Å². The van der Waals surface area contributed by atoms with E-state index >= 15 is 0 Å². The van der Waals surface area contributed by atoms with Gasteiger partial charge in [-0.2, -0.15) is 0 Å². The Labute approximate surface area is 274 Å². The van der Waals surface area contributed by atoms with E-state index in [1.54, 1.807) is 24.7 Å². The second-order valence-corrected chi connectivity index (χ2v) is 13.2. The van der Waals surface area contributed by atoms with Crippen LogP contribution in [0.3, 0.4) is 0 Å². The highest BCUT2D eigenvalue weighted by atomic mass is 32.2. The highest BCUT2D eigenvalue weighted by Crippen LogP contribution is 2.43. The number of benzene rings is 1. The Morgan fingerprint density at radius 1 is 1.26 bits per heavy atom. The quantitative estimate of drug-likeness (QED) is 0.111. The van der Waals surface area contributed by atoms with Gasteiger partial charge in [0, 0.05) is 43.2 Å². The number of H-pyrrole nitrogens is 1. The molecule has 0 aliphatic carbocycles. The molecule has 3 aliphatic heterocycles. The van der Waals surface area contributed by atoms with Crippen LogP contribution in [-0.2, 0) is 14.4 Å². The molecule has 2 unspecified atom stereocenters. The molecular formula is C26H30N10O7S3. The summed E-state index contributed by atoms with van der Waals surface area (Å²) < 4.78 is 2.56. The number of nitrogens with zero attached hydrogens (tertiary/aromatic N) is 4. The SMILES string of the molecule is CCNc1ncc(N(C(N)=O)C(C(=O)NC2C(=O)N3C(C(=O)O)=C(CSC4=CNN(NC)S4)CS[C@H]23)c2ccc(O)cc2)c(=O)[nH]1. The Morgan fingerprint density at radius 2 is 2.00 bits per heavy atom. The first-order valence-corrected chi connectivity index (χ1v) is 16.5. The summed E-state index contributed by atoms with van der Waals surface area (Å²) in [5.41, 5.74) is 11.1. The van der Waals surface area contributed by atoms with E-state index in [-0.39, 0.29) is 28.6 Å². The fraction of sp³-hybridized carbons (Fsp3) is 0.308. The van der Waals surface area contributed by atoms with Crippen molar-refractivity contribution in [2.45, 2.75) is 24.4 Å². The van der Waals surface area contributed by atoms with Crippen LogP contribution in [0.4, 0.5) is 16.4 Å². The van der Waals surface area contributed by atoms with Crippen LogP contribution in [0.5, 0.6) is 5.75 Å². The molecule has 4 amide bonds. The molecule has 3 aliphatic rings. The molecular weight excluding hydrogens is 661 g/mol. The summed E-state index contributed by atoms with van der Waals surface area (Å²) >= 11 is 4.10. The zero-order valence-corrected chi connectivity index (χ0v) is 26.8. The van der Waals surface area contributed by atoms with Crippen LogP contribution in [0, 0.1) is 0 Å². The minimum absolute atomic E-state index is 0.119. The van der Waals surface area contributed by atoms with Crippen LogP contribution in [-0.4, -0.2) is 89.9 Å². The molecule has 0 bridgehead atoms. The number of hydrogen-bond acceptors (Lipinski definition) is 14. The summed E-state index contributed by atoms with van der Waals surface area (Å²) in [6.45, 7) is 2.25. The van der Waals surface area contributed by atoms with Crippen molar-refractivity contribution in [1.29, 1.82) is 0 Å². The molecule has 17 nitrogen and oxygen atoms in total. The van der Waals surface area contributed by atoms with Crippen molar-refractivity contribution >= 4 is 70.9 Å². The maximum absolute atomic E-state index is 13.9. The van der Waals surface area contributed by atoms with Gasteiger partial charge in [0.15, 0.2) is 0 Å².